The lowest BCUT2D eigenvalue weighted by Gasteiger charge is -2.27. The molecular formula is C11H21N. The van der Waals surface area contributed by atoms with Gasteiger partial charge in [-0.2, -0.15) is 0 Å². The average Bonchev–Trinajstić information content (AvgIpc) is 2.90. The SMILES string of the molecule is N[C@H](CC1CC1)C1CCCCC1. The van der Waals surface area contributed by atoms with E-state index in [1.165, 1.54) is 51.4 Å². The van der Waals surface area contributed by atoms with Crippen molar-refractivity contribution in [2.75, 3.05) is 0 Å². The van der Waals surface area contributed by atoms with Crippen molar-refractivity contribution in [2.24, 2.45) is 17.6 Å². The van der Waals surface area contributed by atoms with Gasteiger partial charge in [0.25, 0.3) is 0 Å². The van der Waals surface area contributed by atoms with Crippen molar-refractivity contribution in [3.63, 3.8) is 0 Å². The molecule has 0 aromatic carbocycles. The van der Waals surface area contributed by atoms with Crippen LogP contribution in [0.15, 0.2) is 0 Å². The molecule has 0 spiro atoms. The molecule has 0 unspecified atom stereocenters. The fourth-order valence-corrected chi connectivity index (χ4v) is 2.49. The predicted octanol–water partition coefficient (Wildman–Crippen LogP) is 2.69. The second-order valence-electron chi connectivity index (χ2n) is 4.74. The van der Waals surface area contributed by atoms with Gasteiger partial charge in [0.1, 0.15) is 0 Å². The fraction of sp³-hybridized carbons (Fsp3) is 1.00. The van der Waals surface area contributed by atoms with Crippen LogP contribution in [-0.2, 0) is 0 Å². The highest BCUT2D eigenvalue weighted by Gasteiger charge is 2.28. The van der Waals surface area contributed by atoms with Crippen LogP contribution in [0.5, 0.6) is 0 Å². The summed E-state index contributed by atoms with van der Waals surface area (Å²) in [7, 11) is 0. The van der Waals surface area contributed by atoms with Gasteiger partial charge in [0, 0.05) is 6.04 Å². The summed E-state index contributed by atoms with van der Waals surface area (Å²) in [5, 5.41) is 0. The lowest BCUT2D eigenvalue weighted by molar-refractivity contribution is 0.288. The third-order valence-electron chi connectivity index (χ3n) is 3.56. The molecule has 2 aliphatic carbocycles. The standard InChI is InChI=1S/C11H21N/c12-11(8-9-6-7-9)10-4-2-1-3-5-10/h9-11H,1-8,12H2/t11-/m1/s1. The van der Waals surface area contributed by atoms with Gasteiger partial charge in [0.15, 0.2) is 0 Å². The molecule has 2 fully saturated rings. The largest absolute Gasteiger partial charge is 0.327 e. The van der Waals surface area contributed by atoms with Crippen molar-refractivity contribution >= 4 is 0 Å². The number of hydrogen-bond acceptors (Lipinski definition) is 1. The molecule has 2 aliphatic rings. The Morgan fingerprint density at radius 3 is 2.25 bits per heavy atom. The van der Waals surface area contributed by atoms with Crippen LogP contribution in [-0.4, -0.2) is 6.04 Å². The Balaban J connectivity index is 1.72. The fourth-order valence-electron chi connectivity index (χ4n) is 2.49. The minimum Gasteiger partial charge on any atom is -0.327 e. The Kier molecular flexibility index (Phi) is 2.69. The van der Waals surface area contributed by atoms with Gasteiger partial charge < -0.3 is 5.73 Å². The summed E-state index contributed by atoms with van der Waals surface area (Å²) < 4.78 is 0. The van der Waals surface area contributed by atoms with Gasteiger partial charge in [-0.05, 0) is 31.1 Å². The Bertz CT molecular complexity index is 134. The normalized spacial score (nSPS) is 28.8. The van der Waals surface area contributed by atoms with Crippen molar-refractivity contribution in [3.8, 4) is 0 Å². The van der Waals surface area contributed by atoms with Crippen LogP contribution < -0.4 is 5.73 Å². The van der Waals surface area contributed by atoms with E-state index in [2.05, 4.69) is 0 Å². The minimum atomic E-state index is 0.540. The monoisotopic (exact) mass is 167 g/mol. The van der Waals surface area contributed by atoms with Gasteiger partial charge in [-0.25, -0.2) is 0 Å². The van der Waals surface area contributed by atoms with Crippen LogP contribution in [0.3, 0.4) is 0 Å². The van der Waals surface area contributed by atoms with Gasteiger partial charge in [-0.15, -0.1) is 0 Å². The molecule has 12 heavy (non-hydrogen) atoms. The lowest BCUT2D eigenvalue weighted by atomic mass is 9.82. The molecule has 1 nitrogen and oxygen atoms in total. The second-order valence-corrected chi connectivity index (χ2v) is 4.74. The number of hydrogen-bond donors (Lipinski definition) is 1. The molecule has 0 bridgehead atoms. The van der Waals surface area contributed by atoms with E-state index in [0.717, 1.165) is 11.8 Å². The maximum absolute atomic E-state index is 6.19. The smallest absolute Gasteiger partial charge is 0.00697 e. The van der Waals surface area contributed by atoms with Gasteiger partial charge in [0.2, 0.25) is 0 Å². The molecule has 0 aromatic heterocycles. The summed E-state index contributed by atoms with van der Waals surface area (Å²) in [5.74, 6) is 1.89. The molecular weight excluding hydrogens is 146 g/mol. The second kappa shape index (κ2) is 3.78. The molecule has 0 heterocycles. The first-order valence-electron chi connectivity index (χ1n) is 5.62. The van der Waals surface area contributed by atoms with Gasteiger partial charge in [-0.1, -0.05) is 32.1 Å². The molecule has 0 amide bonds. The Labute approximate surface area is 75.7 Å². The molecule has 2 N–H and O–H groups in total. The van der Waals surface area contributed by atoms with E-state index in [4.69, 9.17) is 5.73 Å². The molecule has 0 aromatic rings. The summed E-state index contributed by atoms with van der Waals surface area (Å²) in [6, 6.07) is 0.540. The van der Waals surface area contributed by atoms with Crippen molar-refractivity contribution in [1.82, 2.24) is 0 Å². The zero-order chi connectivity index (χ0) is 8.39. The van der Waals surface area contributed by atoms with Crippen LogP contribution in [0.2, 0.25) is 0 Å². The minimum absolute atomic E-state index is 0.540. The molecule has 70 valence electrons. The number of nitrogens with two attached hydrogens (primary N) is 1. The van der Waals surface area contributed by atoms with Crippen LogP contribution in [0, 0.1) is 11.8 Å². The van der Waals surface area contributed by atoms with Crippen LogP contribution in [0.1, 0.15) is 51.4 Å². The molecule has 1 heteroatoms. The van der Waals surface area contributed by atoms with Crippen LogP contribution >= 0.6 is 0 Å². The van der Waals surface area contributed by atoms with Gasteiger partial charge in [-0.3, -0.25) is 0 Å². The number of rotatable bonds is 3. The van der Waals surface area contributed by atoms with Crippen LogP contribution in [0.4, 0.5) is 0 Å². The zero-order valence-corrected chi connectivity index (χ0v) is 7.97. The predicted molar refractivity (Wildman–Crippen MR) is 51.9 cm³/mol. The van der Waals surface area contributed by atoms with E-state index in [1.54, 1.807) is 0 Å². The average molecular weight is 167 g/mol. The molecule has 2 rings (SSSR count). The lowest BCUT2D eigenvalue weighted by Crippen LogP contribution is -2.31. The molecule has 0 radical (unpaired) electrons. The maximum Gasteiger partial charge on any atom is 0.00697 e. The van der Waals surface area contributed by atoms with E-state index in [-0.39, 0.29) is 0 Å². The molecule has 0 saturated heterocycles. The first-order chi connectivity index (χ1) is 5.86. The van der Waals surface area contributed by atoms with E-state index >= 15 is 0 Å². The summed E-state index contributed by atoms with van der Waals surface area (Å²) in [4.78, 5) is 0. The highest BCUT2D eigenvalue weighted by molar-refractivity contribution is 4.83. The van der Waals surface area contributed by atoms with Gasteiger partial charge in [0.05, 0.1) is 0 Å². The molecule has 0 aliphatic heterocycles. The maximum atomic E-state index is 6.19. The van der Waals surface area contributed by atoms with Crippen molar-refractivity contribution < 1.29 is 0 Å². The van der Waals surface area contributed by atoms with Crippen LogP contribution in [0.25, 0.3) is 0 Å². The molecule has 2 saturated carbocycles. The highest BCUT2D eigenvalue weighted by atomic mass is 14.7. The summed E-state index contributed by atoms with van der Waals surface area (Å²) in [6.07, 6.45) is 11.4. The van der Waals surface area contributed by atoms with E-state index in [9.17, 15) is 0 Å². The Morgan fingerprint density at radius 1 is 1.00 bits per heavy atom. The van der Waals surface area contributed by atoms with E-state index < -0.39 is 0 Å². The highest BCUT2D eigenvalue weighted by Crippen LogP contribution is 2.36. The third-order valence-corrected chi connectivity index (χ3v) is 3.56. The third kappa shape index (κ3) is 2.22. The summed E-state index contributed by atoms with van der Waals surface area (Å²) >= 11 is 0. The van der Waals surface area contributed by atoms with Crippen molar-refractivity contribution in [1.29, 1.82) is 0 Å². The first kappa shape index (κ1) is 8.55. The topological polar surface area (TPSA) is 26.0 Å². The summed E-state index contributed by atoms with van der Waals surface area (Å²) in [5.41, 5.74) is 6.19. The van der Waals surface area contributed by atoms with E-state index in [0.29, 0.717) is 6.04 Å². The summed E-state index contributed by atoms with van der Waals surface area (Å²) in [6.45, 7) is 0. The van der Waals surface area contributed by atoms with E-state index in [1.807, 2.05) is 0 Å². The molecule has 1 atom stereocenters. The zero-order valence-electron chi connectivity index (χ0n) is 7.97. The quantitative estimate of drug-likeness (QED) is 0.687. The Hall–Kier alpha value is -0.0400. The van der Waals surface area contributed by atoms with Crippen molar-refractivity contribution in [2.45, 2.75) is 57.4 Å². The van der Waals surface area contributed by atoms with Crippen molar-refractivity contribution in [3.05, 3.63) is 0 Å². The van der Waals surface area contributed by atoms with Gasteiger partial charge >= 0.3 is 0 Å². The first-order valence-corrected chi connectivity index (χ1v) is 5.62. The Morgan fingerprint density at radius 2 is 1.67 bits per heavy atom.